The molecule has 1 unspecified atom stereocenters. The summed E-state index contributed by atoms with van der Waals surface area (Å²) in [5, 5.41) is 2.68. The maximum absolute atomic E-state index is 12.1. The van der Waals surface area contributed by atoms with Gasteiger partial charge >= 0.3 is 5.97 Å². The number of carbonyl (C=O) groups excluding carboxylic acids is 3. The molecule has 23 heavy (non-hydrogen) atoms. The van der Waals surface area contributed by atoms with Crippen molar-refractivity contribution in [3.05, 3.63) is 35.4 Å². The fourth-order valence-corrected chi connectivity index (χ4v) is 2.46. The number of nitrogens with zero attached hydrogens (tertiary/aromatic N) is 1. The minimum Gasteiger partial charge on any atom is -0.449 e. The molecule has 6 nitrogen and oxygen atoms in total. The molecule has 0 radical (unpaired) electrons. The summed E-state index contributed by atoms with van der Waals surface area (Å²) in [5.41, 5.74) is 1.27. The van der Waals surface area contributed by atoms with E-state index in [1.165, 1.54) is 6.92 Å². The van der Waals surface area contributed by atoms with E-state index in [1.807, 2.05) is 0 Å². The summed E-state index contributed by atoms with van der Waals surface area (Å²) in [6.45, 7) is 4.93. The van der Waals surface area contributed by atoms with Gasteiger partial charge in [0.05, 0.1) is 5.56 Å². The summed E-state index contributed by atoms with van der Waals surface area (Å²) in [4.78, 5) is 36.8. The van der Waals surface area contributed by atoms with Crippen molar-refractivity contribution >= 4 is 17.8 Å². The van der Waals surface area contributed by atoms with Gasteiger partial charge in [0.2, 0.25) is 5.91 Å². The van der Waals surface area contributed by atoms with Crippen LogP contribution in [0, 0.1) is 0 Å². The van der Waals surface area contributed by atoms with Crippen LogP contribution >= 0.6 is 0 Å². The third-order valence-corrected chi connectivity index (χ3v) is 3.78. The Balaban J connectivity index is 1.89. The molecule has 1 aliphatic rings. The fraction of sp³-hybridized carbons (Fsp3) is 0.471. The van der Waals surface area contributed by atoms with Gasteiger partial charge in [0.25, 0.3) is 5.91 Å². The lowest BCUT2D eigenvalue weighted by Gasteiger charge is -2.20. The van der Waals surface area contributed by atoms with E-state index in [4.69, 9.17) is 4.74 Å². The second-order valence-corrected chi connectivity index (χ2v) is 5.69. The van der Waals surface area contributed by atoms with Crippen LogP contribution in [-0.2, 0) is 20.9 Å². The molecule has 0 saturated carbocycles. The van der Waals surface area contributed by atoms with Crippen LogP contribution < -0.4 is 5.32 Å². The van der Waals surface area contributed by atoms with E-state index in [0.717, 1.165) is 31.5 Å². The molecule has 1 N–H and O–H groups in total. The molecule has 2 rings (SSSR count). The van der Waals surface area contributed by atoms with Gasteiger partial charge in [-0.05, 0) is 37.5 Å². The third kappa shape index (κ3) is 4.81. The molecular formula is C17H22N2O4. The highest BCUT2D eigenvalue weighted by Gasteiger charge is 2.26. The van der Waals surface area contributed by atoms with Crippen LogP contribution in [0.4, 0.5) is 0 Å². The number of benzene rings is 1. The summed E-state index contributed by atoms with van der Waals surface area (Å²) in [6, 6.07) is 6.76. The molecule has 0 bridgehead atoms. The van der Waals surface area contributed by atoms with Gasteiger partial charge in [-0.15, -0.1) is 0 Å². The first-order chi connectivity index (χ1) is 11.0. The Labute approximate surface area is 135 Å². The van der Waals surface area contributed by atoms with Crippen molar-refractivity contribution in [2.24, 2.45) is 0 Å². The summed E-state index contributed by atoms with van der Waals surface area (Å²) >= 11 is 0. The first-order valence-corrected chi connectivity index (χ1v) is 7.80. The lowest BCUT2D eigenvalue weighted by Crippen LogP contribution is -2.38. The van der Waals surface area contributed by atoms with E-state index in [-0.39, 0.29) is 11.8 Å². The van der Waals surface area contributed by atoms with Gasteiger partial charge in [0.1, 0.15) is 0 Å². The highest BCUT2D eigenvalue weighted by Crippen LogP contribution is 2.12. The maximum atomic E-state index is 12.1. The average Bonchev–Trinajstić information content (AvgIpc) is 3.06. The Kier molecular flexibility index (Phi) is 5.73. The van der Waals surface area contributed by atoms with Crippen LogP contribution in [0.1, 0.15) is 42.6 Å². The summed E-state index contributed by atoms with van der Waals surface area (Å²) in [6.07, 6.45) is 1.23. The van der Waals surface area contributed by atoms with Crippen LogP contribution in [0.15, 0.2) is 24.3 Å². The van der Waals surface area contributed by atoms with Crippen molar-refractivity contribution in [3.63, 3.8) is 0 Å². The number of esters is 1. The largest absolute Gasteiger partial charge is 0.449 e. The van der Waals surface area contributed by atoms with E-state index in [9.17, 15) is 14.4 Å². The SMILES string of the molecule is CC(=O)NCc1ccc(C(=O)OC(C)C(=O)N2CCCC2)cc1. The second-order valence-electron chi connectivity index (χ2n) is 5.69. The molecule has 2 amide bonds. The highest BCUT2D eigenvalue weighted by atomic mass is 16.5. The first-order valence-electron chi connectivity index (χ1n) is 7.80. The molecule has 124 valence electrons. The number of carbonyl (C=O) groups is 3. The number of ether oxygens (including phenoxy) is 1. The fourth-order valence-electron chi connectivity index (χ4n) is 2.46. The van der Waals surface area contributed by atoms with Crippen LogP contribution in [0.5, 0.6) is 0 Å². The number of nitrogens with one attached hydrogen (secondary N) is 1. The van der Waals surface area contributed by atoms with Gasteiger partial charge in [-0.25, -0.2) is 4.79 Å². The normalized spacial score (nSPS) is 15.1. The molecule has 1 aliphatic heterocycles. The molecule has 1 heterocycles. The van der Waals surface area contributed by atoms with Gasteiger partial charge in [-0.1, -0.05) is 12.1 Å². The van der Waals surface area contributed by atoms with Gasteiger partial charge in [0, 0.05) is 26.6 Å². The minimum atomic E-state index is -0.778. The van der Waals surface area contributed by atoms with E-state index in [0.29, 0.717) is 12.1 Å². The standard InChI is InChI=1S/C17H22N2O4/c1-12(16(21)19-9-3-4-10-19)23-17(22)15-7-5-14(6-8-15)11-18-13(2)20/h5-8,12H,3-4,9-11H2,1-2H3,(H,18,20). The van der Waals surface area contributed by atoms with Crippen molar-refractivity contribution in [1.82, 2.24) is 10.2 Å². The van der Waals surface area contributed by atoms with Crippen LogP contribution in [0.3, 0.4) is 0 Å². The monoisotopic (exact) mass is 318 g/mol. The number of amides is 2. The lowest BCUT2D eigenvalue weighted by atomic mass is 10.1. The van der Waals surface area contributed by atoms with Crippen molar-refractivity contribution in [2.75, 3.05) is 13.1 Å². The molecule has 1 aromatic carbocycles. The smallest absolute Gasteiger partial charge is 0.338 e. The summed E-state index contributed by atoms with van der Waals surface area (Å²) in [7, 11) is 0. The third-order valence-electron chi connectivity index (χ3n) is 3.78. The van der Waals surface area contributed by atoms with Crippen LogP contribution in [0.2, 0.25) is 0 Å². The lowest BCUT2D eigenvalue weighted by molar-refractivity contribution is -0.138. The second kappa shape index (κ2) is 7.76. The molecular weight excluding hydrogens is 296 g/mol. The van der Waals surface area contributed by atoms with Gasteiger partial charge < -0.3 is 15.0 Å². The number of rotatable bonds is 5. The van der Waals surface area contributed by atoms with Crippen LogP contribution in [-0.4, -0.2) is 41.9 Å². The predicted molar refractivity (Wildman–Crippen MR) is 84.7 cm³/mol. The molecule has 1 saturated heterocycles. The van der Waals surface area contributed by atoms with E-state index < -0.39 is 12.1 Å². The summed E-state index contributed by atoms with van der Waals surface area (Å²) in [5.74, 6) is -0.767. The molecule has 0 aliphatic carbocycles. The van der Waals surface area contributed by atoms with Crippen LogP contribution in [0.25, 0.3) is 0 Å². The summed E-state index contributed by atoms with van der Waals surface area (Å²) < 4.78 is 5.25. The zero-order valence-electron chi connectivity index (χ0n) is 13.5. The Morgan fingerprint density at radius 1 is 1.17 bits per heavy atom. The number of likely N-dealkylation sites (tertiary alicyclic amines) is 1. The average molecular weight is 318 g/mol. The maximum Gasteiger partial charge on any atom is 0.338 e. The highest BCUT2D eigenvalue weighted by molar-refractivity contribution is 5.92. The molecule has 0 aromatic heterocycles. The van der Waals surface area contributed by atoms with Crippen molar-refractivity contribution in [2.45, 2.75) is 39.3 Å². The zero-order chi connectivity index (χ0) is 16.8. The van der Waals surface area contributed by atoms with Crippen molar-refractivity contribution in [1.29, 1.82) is 0 Å². The molecule has 1 fully saturated rings. The Morgan fingerprint density at radius 2 is 1.78 bits per heavy atom. The zero-order valence-corrected chi connectivity index (χ0v) is 13.5. The van der Waals surface area contributed by atoms with Gasteiger partial charge in [-0.2, -0.15) is 0 Å². The van der Waals surface area contributed by atoms with E-state index in [2.05, 4.69) is 5.32 Å². The van der Waals surface area contributed by atoms with E-state index in [1.54, 1.807) is 36.1 Å². The minimum absolute atomic E-state index is 0.109. The number of hydrogen-bond donors (Lipinski definition) is 1. The molecule has 1 aromatic rings. The Hall–Kier alpha value is -2.37. The van der Waals surface area contributed by atoms with Crippen molar-refractivity contribution < 1.29 is 19.1 Å². The van der Waals surface area contributed by atoms with Gasteiger partial charge in [-0.3, -0.25) is 9.59 Å². The number of hydrogen-bond acceptors (Lipinski definition) is 4. The Bertz CT molecular complexity index is 577. The van der Waals surface area contributed by atoms with E-state index >= 15 is 0 Å². The molecule has 0 spiro atoms. The molecule has 1 atom stereocenters. The topological polar surface area (TPSA) is 75.7 Å². The molecule has 6 heteroatoms. The quantitative estimate of drug-likeness (QED) is 0.835. The Morgan fingerprint density at radius 3 is 2.35 bits per heavy atom. The van der Waals surface area contributed by atoms with Crippen molar-refractivity contribution in [3.8, 4) is 0 Å². The predicted octanol–water partition coefficient (Wildman–Crippen LogP) is 1.49. The van der Waals surface area contributed by atoms with Gasteiger partial charge in [0.15, 0.2) is 6.10 Å². The first kappa shape index (κ1) is 17.0.